The molecule has 1 unspecified atom stereocenters. The highest BCUT2D eigenvalue weighted by Gasteiger charge is 2.15. The van der Waals surface area contributed by atoms with E-state index >= 15 is 0 Å². The lowest BCUT2D eigenvalue weighted by molar-refractivity contribution is -0.134. The first-order valence-corrected chi connectivity index (χ1v) is 5.15. The summed E-state index contributed by atoms with van der Waals surface area (Å²) in [7, 11) is 0. The van der Waals surface area contributed by atoms with Gasteiger partial charge in [-0.2, -0.15) is 0 Å². The third-order valence-corrected chi connectivity index (χ3v) is 2.84. The molecule has 13 heavy (non-hydrogen) atoms. The highest BCUT2D eigenvalue weighted by Crippen LogP contribution is 2.16. The van der Waals surface area contributed by atoms with Crippen molar-refractivity contribution in [2.75, 3.05) is 5.75 Å². The van der Waals surface area contributed by atoms with Crippen LogP contribution in [0.5, 0.6) is 0 Å². The van der Waals surface area contributed by atoms with E-state index in [1.807, 2.05) is 0 Å². The molecule has 5 heteroatoms. The third-order valence-electron chi connectivity index (χ3n) is 1.31. The molecule has 1 aromatic carbocycles. The van der Waals surface area contributed by atoms with Crippen molar-refractivity contribution in [2.45, 2.75) is 4.90 Å². The maximum atomic E-state index is 11.3. The first kappa shape index (κ1) is 10.4. The lowest BCUT2D eigenvalue weighted by Gasteiger charge is -2.07. The van der Waals surface area contributed by atoms with Gasteiger partial charge in [0.25, 0.3) is 0 Å². The van der Waals surface area contributed by atoms with Crippen LogP contribution < -0.4 is 0 Å². The first-order chi connectivity index (χ1) is 6.09. The quantitative estimate of drug-likeness (QED) is 0.783. The molecule has 0 fully saturated rings. The Balaban J connectivity index is 2.76. The van der Waals surface area contributed by atoms with Crippen LogP contribution in [0.4, 0.5) is 0 Å². The van der Waals surface area contributed by atoms with E-state index in [-0.39, 0.29) is 5.75 Å². The number of benzene rings is 1. The molecule has 1 atom stereocenters. The summed E-state index contributed by atoms with van der Waals surface area (Å²) in [5, 5.41) is 8.84. The Labute approximate surface area is 83.5 Å². The minimum absolute atomic E-state index is 0.389. The molecular formula is C8H7ClO3S. The fourth-order valence-electron chi connectivity index (χ4n) is 0.804. The van der Waals surface area contributed by atoms with Crippen LogP contribution in [0.3, 0.4) is 0 Å². The maximum Gasteiger partial charge on any atom is 0.354 e. The number of aliphatic carboxylic acids is 1. The molecule has 0 aliphatic rings. The zero-order valence-corrected chi connectivity index (χ0v) is 8.14. The van der Waals surface area contributed by atoms with Gasteiger partial charge in [-0.15, -0.1) is 0 Å². The number of hydrogen-bond donors (Lipinski definition) is 1. The Morgan fingerprint density at radius 2 is 2.31 bits per heavy atom. The second-order valence-corrected chi connectivity index (χ2v) is 4.23. The van der Waals surface area contributed by atoms with Gasteiger partial charge in [-0.05, 0) is 23.3 Å². The number of carboxylic acid groups (broad SMARTS) is 1. The number of carbonyl (C=O) groups is 1. The van der Waals surface area contributed by atoms with Crippen LogP contribution in [0.15, 0.2) is 29.2 Å². The van der Waals surface area contributed by atoms with Crippen LogP contribution in [-0.2, 0) is 16.0 Å². The molecule has 1 rings (SSSR count). The van der Waals surface area contributed by atoms with E-state index in [2.05, 4.69) is 0 Å². The van der Waals surface area contributed by atoms with E-state index < -0.39 is 17.1 Å². The van der Waals surface area contributed by atoms with Crippen LogP contribution >= 0.6 is 11.6 Å². The van der Waals surface area contributed by atoms with Crippen LogP contribution in [0.2, 0.25) is 5.02 Å². The van der Waals surface area contributed by atoms with Gasteiger partial charge < -0.3 is 9.66 Å². The summed E-state index contributed by atoms with van der Waals surface area (Å²) >= 11 is 4.14. The molecule has 0 spiro atoms. The Morgan fingerprint density at radius 1 is 1.62 bits per heavy atom. The fraction of sp³-hybridized carbons (Fsp3) is 0.125. The van der Waals surface area contributed by atoms with E-state index in [0.717, 1.165) is 0 Å². The average Bonchev–Trinajstić information content (AvgIpc) is 2.03. The number of carboxylic acids is 1. The van der Waals surface area contributed by atoms with Crippen molar-refractivity contribution >= 4 is 28.7 Å². The van der Waals surface area contributed by atoms with E-state index in [1.165, 1.54) is 6.07 Å². The van der Waals surface area contributed by atoms with Gasteiger partial charge in [0.1, 0.15) is 0 Å². The predicted molar refractivity (Wildman–Crippen MR) is 50.4 cm³/mol. The summed E-state index contributed by atoms with van der Waals surface area (Å²) in [4.78, 5) is 10.7. The number of rotatable bonds is 3. The van der Waals surface area contributed by atoms with Crippen molar-refractivity contribution in [3.63, 3.8) is 0 Å². The van der Waals surface area contributed by atoms with Crippen molar-refractivity contribution in [1.82, 2.24) is 0 Å². The van der Waals surface area contributed by atoms with Crippen molar-refractivity contribution in [2.24, 2.45) is 0 Å². The second-order valence-electron chi connectivity index (χ2n) is 2.34. The predicted octanol–water partition coefficient (Wildman–Crippen LogP) is 1.53. The number of hydrogen-bond acceptors (Lipinski definition) is 2. The minimum Gasteiger partial charge on any atom is -0.611 e. The van der Waals surface area contributed by atoms with Gasteiger partial charge in [0, 0.05) is 11.1 Å². The summed E-state index contributed by atoms with van der Waals surface area (Å²) in [5.74, 6) is -1.47. The van der Waals surface area contributed by atoms with E-state index in [9.17, 15) is 9.35 Å². The first-order valence-electron chi connectivity index (χ1n) is 3.45. The van der Waals surface area contributed by atoms with Crippen LogP contribution in [0.1, 0.15) is 0 Å². The van der Waals surface area contributed by atoms with Crippen LogP contribution in [0, 0.1) is 0 Å². The Morgan fingerprint density at radius 3 is 2.85 bits per heavy atom. The highest BCUT2D eigenvalue weighted by molar-refractivity contribution is 7.92. The molecule has 0 aliphatic heterocycles. The van der Waals surface area contributed by atoms with Gasteiger partial charge in [-0.1, -0.05) is 17.7 Å². The van der Waals surface area contributed by atoms with Crippen molar-refractivity contribution in [1.29, 1.82) is 0 Å². The summed E-state index contributed by atoms with van der Waals surface area (Å²) < 4.78 is 11.3. The molecule has 1 N–H and O–H groups in total. The lowest BCUT2D eigenvalue weighted by atomic mass is 10.4. The minimum atomic E-state index is -1.51. The summed E-state index contributed by atoms with van der Waals surface area (Å²) in [6.07, 6.45) is 0. The van der Waals surface area contributed by atoms with Crippen molar-refractivity contribution in [3.8, 4) is 0 Å². The van der Waals surface area contributed by atoms with Crippen molar-refractivity contribution in [3.05, 3.63) is 29.3 Å². The van der Waals surface area contributed by atoms with Crippen LogP contribution in [0.25, 0.3) is 0 Å². The van der Waals surface area contributed by atoms with Gasteiger partial charge in [-0.3, -0.25) is 0 Å². The standard InChI is InChI=1S/C8H7ClO3S/c9-6-2-1-3-7(4-6)13(12)5-8(10)11/h1-4H,5H2,(H,10,11). The zero-order chi connectivity index (χ0) is 9.84. The highest BCUT2D eigenvalue weighted by atomic mass is 35.5. The van der Waals surface area contributed by atoms with Gasteiger partial charge in [-0.25, -0.2) is 4.79 Å². The summed E-state index contributed by atoms with van der Waals surface area (Å²) in [5.41, 5.74) is 0. The van der Waals surface area contributed by atoms with Gasteiger partial charge in [0.05, 0.1) is 0 Å². The van der Waals surface area contributed by atoms with Gasteiger partial charge in [0.2, 0.25) is 5.75 Å². The largest absolute Gasteiger partial charge is 0.611 e. The van der Waals surface area contributed by atoms with Crippen molar-refractivity contribution < 1.29 is 14.5 Å². The average molecular weight is 219 g/mol. The molecule has 0 saturated heterocycles. The Kier molecular flexibility index (Phi) is 3.59. The van der Waals surface area contributed by atoms with E-state index in [0.29, 0.717) is 9.92 Å². The third kappa shape index (κ3) is 3.26. The van der Waals surface area contributed by atoms with Crippen LogP contribution in [-0.4, -0.2) is 21.4 Å². The smallest absolute Gasteiger partial charge is 0.354 e. The zero-order valence-electron chi connectivity index (χ0n) is 6.57. The maximum absolute atomic E-state index is 11.3. The van der Waals surface area contributed by atoms with Gasteiger partial charge >= 0.3 is 5.97 Å². The van der Waals surface area contributed by atoms with E-state index in [4.69, 9.17) is 16.7 Å². The molecule has 0 amide bonds. The monoisotopic (exact) mass is 218 g/mol. The summed E-state index contributed by atoms with van der Waals surface area (Å²) in [6, 6.07) is 6.37. The Bertz CT molecular complexity index is 316. The number of halogens is 1. The molecule has 1 aromatic rings. The molecule has 0 radical (unpaired) electrons. The normalized spacial score (nSPS) is 12.5. The SMILES string of the molecule is O=C(O)C[S+]([O-])c1cccc(Cl)c1. The molecule has 3 nitrogen and oxygen atoms in total. The molecule has 0 aliphatic carbocycles. The van der Waals surface area contributed by atoms with E-state index in [1.54, 1.807) is 18.2 Å². The molecule has 0 aromatic heterocycles. The Hall–Kier alpha value is -0.710. The lowest BCUT2D eigenvalue weighted by Crippen LogP contribution is -2.15. The molecule has 0 saturated carbocycles. The topological polar surface area (TPSA) is 60.4 Å². The summed E-state index contributed by atoms with van der Waals surface area (Å²) in [6.45, 7) is 0. The molecular weight excluding hydrogens is 212 g/mol. The fourth-order valence-corrected chi connectivity index (χ4v) is 1.94. The molecule has 0 heterocycles. The van der Waals surface area contributed by atoms with Gasteiger partial charge in [0.15, 0.2) is 4.90 Å². The second kappa shape index (κ2) is 4.50. The molecule has 0 bridgehead atoms. The molecule has 70 valence electrons.